The van der Waals surface area contributed by atoms with Gasteiger partial charge in [0.15, 0.2) is 0 Å². The summed E-state index contributed by atoms with van der Waals surface area (Å²) < 4.78 is 25.8. The highest BCUT2D eigenvalue weighted by molar-refractivity contribution is 6.28. The molecule has 2 aliphatic rings. The van der Waals surface area contributed by atoms with E-state index < -0.39 is 6.43 Å². The summed E-state index contributed by atoms with van der Waals surface area (Å²) in [5.41, 5.74) is 3.63. The van der Waals surface area contributed by atoms with E-state index in [0.29, 0.717) is 6.54 Å². The van der Waals surface area contributed by atoms with Gasteiger partial charge in [-0.2, -0.15) is 0 Å². The maximum Gasteiger partial charge on any atom is 0.263 e. The largest absolute Gasteiger partial charge is 0.351 e. The lowest BCUT2D eigenvalue weighted by molar-refractivity contribution is 0.151. The van der Waals surface area contributed by atoms with E-state index in [0.717, 1.165) is 47.7 Å². The van der Waals surface area contributed by atoms with Crippen molar-refractivity contribution in [2.24, 2.45) is 10.9 Å². The molecule has 27 heavy (non-hydrogen) atoms. The lowest BCUT2D eigenvalue weighted by Gasteiger charge is -2.27. The number of fused-ring (bicyclic) bond motifs is 1. The van der Waals surface area contributed by atoms with Crippen molar-refractivity contribution in [2.75, 3.05) is 13.1 Å². The molecule has 2 aliphatic heterocycles. The summed E-state index contributed by atoms with van der Waals surface area (Å²) >= 11 is 5.94. The SMILES string of the molecule is Cc1cnc(Cl)nc1C1=NC2=CC(Cc3cccc(C(F)F)c3)CCN2C1. The first-order valence-electron chi connectivity index (χ1n) is 8.90. The molecule has 1 unspecified atom stereocenters. The standard InChI is InChI=1S/C20H19ClF2N4/c1-12-10-24-20(21)26-18(12)16-11-27-6-5-14(9-17(27)25-16)7-13-3-2-4-15(8-13)19(22)23/h2-4,8-10,14,19H,5-7,11H2,1H3. The number of allylic oxidation sites excluding steroid dienone is 1. The molecule has 4 rings (SSSR count). The van der Waals surface area contributed by atoms with Crippen molar-refractivity contribution in [3.8, 4) is 0 Å². The first kappa shape index (κ1) is 18.0. The molecule has 1 aromatic heterocycles. The third kappa shape index (κ3) is 3.86. The fourth-order valence-electron chi connectivity index (χ4n) is 3.62. The van der Waals surface area contributed by atoms with Gasteiger partial charge in [-0.15, -0.1) is 0 Å². The summed E-state index contributed by atoms with van der Waals surface area (Å²) in [6.07, 6.45) is 3.12. The van der Waals surface area contributed by atoms with Gasteiger partial charge in [0, 0.05) is 18.3 Å². The Morgan fingerprint density at radius 2 is 2.19 bits per heavy atom. The number of aryl methyl sites for hydroxylation is 1. The van der Waals surface area contributed by atoms with Crippen LogP contribution in [0.25, 0.3) is 0 Å². The zero-order valence-electron chi connectivity index (χ0n) is 14.9. The van der Waals surface area contributed by atoms with Crippen LogP contribution in [0.4, 0.5) is 8.78 Å². The minimum Gasteiger partial charge on any atom is -0.351 e. The fourth-order valence-corrected chi connectivity index (χ4v) is 3.75. The van der Waals surface area contributed by atoms with Gasteiger partial charge >= 0.3 is 0 Å². The Morgan fingerprint density at radius 3 is 3.00 bits per heavy atom. The Bertz CT molecular complexity index is 926. The van der Waals surface area contributed by atoms with Gasteiger partial charge in [0.2, 0.25) is 5.28 Å². The second-order valence-corrected chi connectivity index (χ2v) is 7.31. The molecule has 1 atom stereocenters. The summed E-state index contributed by atoms with van der Waals surface area (Å²) in [5, 5.41) is 0.217. The summed E-state index contributed by atoms with van der Waals surface area (Å²) in [7, 11) is 0. The van der Waals surface area contributed by atoms with Crippen LogP contribution in [0.5, 0.6) is 0 Å². The monoisotopic (exact) mass is 388 g/mol. The first-order valence-corrected chi connectivity index (χ1v) is 9.28. The molecule has 0 aliphatic carbocycles. The van der Waals surface area contributed by atoms with Crippen molar-refractivity contribution < 1.29 is 8.78 Å². The number of nitrogens with zero attached hydrogens (tertiary/aromatic N) is 4. The molecule has 3 heterocycles. The maximum absolute atomic E-state index is 12.9. The number of halogens is 3. The highest BCUT2D eigenvalue weighted by Crippen LogP contribution is 2.29. The number of hydrogen-bond donors (Lipinski definition) is 0. The predicted octanol–water partition coefficient (Wildman–Crippen LogP) is 4.58. The number of alkyl halides is 2. The van der Waals surface area contributed by atoms with Crippen molar-refractivity contribution in [3.05, 3.63) is 70.0 Å². The van der Waals surface area contributed by atoms with E-state index in [2.05, 4.69) is 20.9 Å². The quantitative estimate of drug-likeness (QED) is 0.719. The fraction of sp³-hybridized carbons (Fsp3) is 0.350. The molecule has 140 valence electrons. The van der Waals surface area contributed by atoms with Gasteiger partial charge in [-0.25, -0.2) is 23.7 Å². The smallest absolute Gasteiger partial charge is 0.263 e. The lowest BCUT2D eigenvalue weighted by Crippen LogP contribution is -2.29. The summed E-state index contributed by atoms with van der Waals surface area (Å²) in [6, 6.07) is 6.68. The van der Waals surface area contributed by atoms with Crippen LogP contribution in [-0.2, 0) is 6.42 Å². The second kappa shape index (κ2) is 7.35. The van der Waals surface area contributed by atoms with Gasteiger partial charge in [0.25, 0.3) is 6.43 Å². The molecular formula is C20H19ClF2N4. The zero-order chi connectivity index (χ0) is 19.0. The van der Waals surface area contributed by atoms with Gasteiger partial charge < -0.3 is 4.90 Å². The summed E-state index contributed by atoms with van der Waals surface area (Å²) in [5.74, 6) is 1.21. The van der Waals surface area contributed by atoms with Gasteiger partial charge in [-0.1, -0.05) is 24.3 Å². The van der Waals surface area contributed by atoms with Crippen molar-refractivity contribution in [2.45, 2.75) is 26.2 Å². The van der Waals surface area contributed by atoms with Crippen LogP contribution in [-0.4, -0.2) is 33.7 Å². The van der Waals surface area contributed by atoms with Crippen LogP contribution in [0.3, 0.4) is 0 Å². The van der Waals surface area contributed by atoms with E-state index >= 15 is 0 Å². The first-order chi connectivity index (χ1) is 13.0. The van der Waals surface area contributed by atoms with Gasteiger partial charge in [0.1, 0.15) is 5.82 Å². The van der Waals surface area contributed by atoms with Crippen LogP contribution in [0.1, 0.15) is 35.2 Å². The third-order valence-corrected chi connectivity index (χ3v) is 5.17. The Morgan fingerprint density at radius 1 is 1.33 bits per heavy atom. The highest BCUT2D eigenvalue weighted by atomic mass is 35.5. The van der Waals surface area contributed by atoms with Crippen molar-refractivity contribution in [1.29, 1.82) is 0 Å². The normalized spacial score (nSPS) is 19.1. The molecule has 0 radical (unpaired) electrons. The molecule has 0 spiro atoms. The summed E-state index contributed by atoms with van der Waals surface area (Å²) in [4.78, 5) is 15.3. The van der Waals surface area contributed by atoms with E-state index in [4.69, 9.17) is 16.6 Å². The van der Waals surface area contributed by atoms with Crippen molar-refractivity contribution in [1.82, 2.24) is 14.9 Å². The average molecular weight is 389 g/mol. The van der Waals surface area contributed by atoms with Crippen LogP contribution in [0.15, 0.2) is 47.4 Å². The topological polar surface area (TPSA) is 41.4 Å². The maximum atomic E-state index is 12.9. The predicted molar refractivity (Wildman–Crippen MR) is 101 cm³/mol. The molecule has 0 N–H and O–H groups in total. The number of aliphatic imine (C=N–C) groups is 1. The van der Waals surface area contributed by atoms with Crippen LogP contribution in [0.2, 0.25) is 5.28 Å². The minimum absolute atomic E-state index is 0.0786. The molecule has 1 aromatic carbocycles. The minimum atomic E-state index is -2.44. The number of aromatic nitrogens is 2. The van der Waals surface area contributed by atoms with E-state index in [1.807, 2.05) is 13.0 Å². The molecule has 0 saturated carbocycles. The molecule has 2 aromatic rings. The molecule has 0 bridgehead atoms. The van der Waals surface area contributed by atoms with E-state index in [9.17, 15) is 8.78 Å². The van der Waals surface area contributed by atoms with Crippen LogP contribution in [0, 0.1) is 12.8 Å². The number of benzene rings is 1. The molecule has 7 heteroatoms. The molecule has 0 saturated heterocycles. The molecular weight excluding hydrogens is 370 g/mol. The summed E-state index contributed by atoms with van der Waals surface area (Å²) in [6.45, 7) is 3.53. The lowest BCUT2D eigenvalue weighted by atomic mass is 9.93. The average Bonchev–Trinajstić information content (AvgIpc) is 3.07. The molecule has 0 fully saturated rings. The number of hydrogen-bond acceptors (Lipinski definition) is 4. The second-order valence-electron chi connectivity index (χ2n) is 6.97. The van der Waals surface area contributed by atoms with Crippen LogP contribution < -0.4 is 0 Å². The Hall–Kier alpha value is -2.34. The van der Waals surface area contributed by atoms with E-state index in [1.165, 1.54) is 6.07 Å². The van der Waals surface area contributed by atoms with Gasteiger partial charge in [-0.3, -0.25) is 0 Å². The van der Waals surface area contributed by atoms with Crippen LogP contribution >= 0.6 is 11.6 Å². The Balaban J connectivity index is 1.54. The highest BCUT2D eigenvalue weighted by Gasteiger charge is 2.28. The zero-order valence-corrected chi connectivity index (χ0v) is 15.6. The van der Waals surface area contributed by atoms with E-state index in [1.54, 1.807) is 18.3 Å². The Labute approximate surface area is 161 Å². The number of rotatable bonds is 4. The molecule has 4 nitrogen and oxygen atoms in total. The molecule has 0 amide bonds. The third-order valence-electron chi connectivity index (χ3n) is 4.99. The Kier molecular flexibility index (Phi) is 4.91. The van der Waals surface area contributed by atoms with E-state index in [-0.39, 0.29) is 16.8 Å². The van der Waals surface area contributed by atoms with Crippen molar-refractivity contribution >= 4 is 17.3 Å². The van der Waals surface area contributed by atoms with Gasteiger partial charge in [0.05, 0.1) is 18.0 Å². The van der Waals surface area contributed by atoms with Crippen molar-refractivity contribution in [3.63, 3.8) is 0 Å². The van der Waals surface area contributed by atoms with Gasteiger partial charge in [-0.05, 0) is 54.5 Å².